The second-order valence-electron chi connectivity index (χ2n) is 6.24. The first kappa shape index (κ1) is 15.6. The summed E-state index contributed by atoms with van der Waals surface area (Å²) in [6.45, 7) is 0.768. The molecule has 0 fully saturated rings. The van der Waals surface area contributed by atoms with Gasteiger partial charge in [-0.25, -0.2) is 23.1 Å². The molecule has 0 spiro atoms. The summed E-state index contributed by atoms with van der Waals surface area (Å²) in [7, 11) is 0. The van der Waals surface area contributed by atoms with Gasteiger partial charge >= 0.3 is 0 Å². The predicted octanol–water partition coefficient (Wildman–Crippen LogP) is 5.19. The molecule has 0 radical (unpaired) electrons. The third-order valence-corrected chi connectivity index (χ3v) is 5.52. The zero-order valence-corrected chi connectivity index (χ0v) is 14.3. The smallest absolute Gasteiger partial charge is 0.195 e. The Balaban J connectivity index is 1.79. The highest BCUT2D eigenvalue weighted by molar-refractivity contribution is 7.16. The van der Waals surface area contributed by atoms with Crippen molar-refractivity contribution in [1.29, 1.82) is 0 Å². The summed E-state index contributed by atoms with van der Waals surface area (Å²) in [5, 5.41) is 0. The average Bonchev–Trinajstić information content (AvgIpc) is 3.34. The Bertz CT molecular complexity index is 1160. The van der Waals surface area contributed by atoms with Gasteiger partial charge in [-0.2, -0.15) is 0 Å². The molecule has 0 N–H and O–H groups in total. The summed E-state index contributed by atoms with van der Waals surface area (Å²) >= 11 is 1.52. The number of aryl methyl sites for hydroxylation is 1. The van der Waals surface area contributed by atoms with Crippen molar-refractivity contribution in [1.82, 2.24) is 14.5 Å². The maximum Gasteiger partial charge on any atom is 0.195 e. The standard InChI is InChI=1S/C19H12F3N3S/c20-12-5-4-11(16(21)17(12)22)18-19(25-7-1-2-15(25)24-18)10-3-6-13-14(8-10)26-9-23-13/h3-6,8-9H,1-2,7H2. The quantitative estimate of drug-likeness (QED) is 0.454. The van der Waals surface area contributed by atoms with Gasteiger partial charge in [0.2, 0.25) is 0 Å². The van der Waals surface area contributed by atoms with Crippen molar-refractivity contribution < 1.29 is 13.2 Å². The van der Waals surface area contributed by atoms with Gasteiger partial charge in [-0.1, -0.05) is 6.07 Å². The summed E-state index contributed by atoms with van der Waals surface area (Å²) in [5.41, 5.74) is 4.58. The second-order valence-corrected chi connectivity index (χ2v) is 7.12. The lowest BCUT2D eigenvalue weighted by molar-refractivity contribution is 0.449. The normalized spacial score (nSPS) is 13.5. The Morgan fingerprint density at radius 1 is 1.04 bits per heavy atom. The molecule has 3 nitrogen and oxygen atoms in total. The molecule has 2 aromatic carbocycles. The van der Waals surface area contributed by atoms with Crippen LogP contribution in [0, 0.1) is 17.5 Å². The molecule has 26 heavy (non-hydrogen) atoms. The highest BCUT2D eigenvalue weighted by Crippen LogP contribution is 2.38. The van der Waals surface area contributed by atoms with Gasteiger partial charge in [-0.05, 0) is 30.7 Å². The number of benzene rings is 2. The van der Waals surface area contributed by atoms with Crippen LogP contribution in [0.3, 0.4) is 0 Å². The Hall–Kier alpha value is -2.67. The minimum atomic E-state index is -1.47. The van der Waals surface area contributed by atoms with Gasteiger partial charge in [-0.15, -0.1) is 11.3 Å². The molecule has 0 saturated carbocycles. The molecule has 3 heterocycles. The molecule has 0 atom stereocenters. The Kier molecular flexibility index (Phi) is 3.40. The van der Waals surface area contributed by atoms with Crippen LogP contribution in [-0.2, 0) is 13.0 Å². The first-order valence-corrected chi connectivity index (χ1v) is 9.08. The van der Waals surface area contributed by atoms with Gasteiger partial charge in [0.1, 0.15) is 5.82 Å². The first-order valence-electron chi connectivity index (χ1n) is 8.20. The third-order valence-electron chi connectivity index (χ3n) is 4.72. The van der Waals surface area contributed by atoms with Crippen LogP contribution in [0.25, 0.3) is 32.7 Å². The molecular formula is C19H12F3N3S. The van der Waals surface area contributed by atoms with Crippen LogP contribution in [0.5, 0.6) is 0 Å². The van der Waals surface area contributed by atoms with Crippen molar-refractivity contribution >= 4 is 21.6 Å². The summed E-state index contributed by atoms with van der Waals surface area (Å²) in [6, 6.07) is 7.99. The van der Waals surface area contributed by atoms with Crippen molar-refractivity contribution in [2.24, 2.45) is 0 Å². The van der Waals surface area contributed by atoms with Crippen LogP contribution in [0.4, 0.5) is 13.2 Å². The van der Waals surface area contributed by atoms with E-state index in [9.17, 15) is 13.2 Å². The molecule has 0 aliphatic carbocycles. The Labute approximate surface area is 150 Å². The van der Waals surface area contributed by atoms with Crippen molar-refractivity contribution in [3.05, 3.63) is 59.1 Å². The second kappa shape index (κ2) is 5.67. The van der Waals surface area contributed by atoms with E-state index in [1.165, 1.54) is 17.4 Å². The highest BCUT2D eigenvalue weighted by atomic mass is 32.1. The number of hydrogen-bond acceptors (Lipinski definition) is 3. The van der Waals surface area contributed by atoms with Crippen LogP contribution < -0.4 is 0 Å². The van der Waals surface area contributed by atoms with E-state index in [1.54, 1.807) is 5.51 Å². The number of aromatic nitrogens is 3. The lowest BCUT2D eigenvalue weighted by Crippen LogP contribution is -1.98. The van der Waals surface area contributed by atoms with Crippen LogP contribution in [0.1, 0.15) is 12.2 Å². The van der Waals surface area contributed by atoms with Crippen LogP contribution >= 0.6 is 11.3 Å². The van der Waals surface area contributed by atoms with Crippen LogP contribution in [0.2, 0.25) is 0 Å². The van der Waals surface area contributed by atoms with E-state index in [-0.39, 0.29) is 5.56 Å². The van der Waals surface area contributed by atoms with Gasteiger partial charge < -0.3 is 4.57 Å². The lowest BCUT2D eigenvalue weighted by Gasteiger charge is -2.10. The minimum Gasteiger partial charge on any atom is -0.327 e. The number of imidazole rings is 1. The van der Waals surface area contributed by atoms with Crippen molar-refractivity contribution in [2.45, 2.75) is 19.4 Å². The van der Waals surface area contributed by atoms with Crippen molar-refractivity contribution in [3.8, 4) is 22.5 Å². The maximum absolute atomic E-state index is 14.4. The molecule has 4 aromatic rings. The SMILES string of the molecule is Fc1ccc(-c2nc3n(c2-c2ccc4ncsc4c2)CCC3)c(F)c1F. The van der Waals surface area contributed by atoms with Gasteiger partial charge in [0.05, 0.1) is 27.1 Å². The molecule has 0 saturated heterocycles. The topological polar surface area (TPSA) is 30.7 Å². The summed E-state index contributed by atoms with van der Waals surface area (Å²) < 4.78 is 44.6. The largest absolute Gasteiger partial charge is 0.327 e. The maximum atomic E-state index is 14.4. The van der Waals surface area contributed by atoms with Crippen LogP contribution in [0.15, 0.2) is 35.8 Å². The zero-order chi connectivity index (χ0) is 17.8. The van der Waals surface area contributed by atoms with Gasteiger partial charge in [-0.3, -0.25) is 0 Å². The van der Waals surface area contributed by atoms with Gasteiger partial charge in [0.15, 0.2) is 17.5 Å². The average molecular weight is 371 g/mol. The number of thiazole rings is 1. The molecule has 2 aromatic heterocycles. The summed E-state index contributed by atoms with van der Waals surface area (Å²) in [4.78, 5) is 8.83. The minimum absolute atomic E-state index is 0.0230. The molecular weight excluding hydrogens is 359 g/mol. The van der Waals surface area contributed by atoms with E-state index in [0.29, 0.717) is 5.69 Å². The fraction of sp³-hybridized carbons (Fsp3) is 0.158. The van der Waals surface area contributed by atoms with Crippen molar-refractivity contribution in [3.63, 3.8) is 0 Å². The van der Waals surface area contributed by atoms with Gasteiger partial charge in [0.25, 0.3) is 0 Å². The molecule has 7 heteroatoms. The Morgan fingerprint density at radius 2 is 1.92 bits per heavy atom. The number of fused-ring (bicyclic) bond motifs is 2. The first-order chi connectivity index (χ1) is 12.6. The summed E-state index contributed by atoms with van der Waals surface area (Å²) in [6.07, 6.45) is 1.74. The molecule has 5 rings (SSSR count). The molecule has 1 aliphatic rings. The van der Waals surface area contributed by atoms with E-state index < -0.39 is 17.5 Å². The fourth-order valence-corrected chi connectivity index (χ4v) is 4.23. The number of halogens is 3. The Morgan fingerprint density at radius 3 is 2.81 bits per heavy atom. The van der Waals surface area contributed by atoms with Gasteiger partial charge in [0, 0.05) is 24.1 Å². The molecule has 1 aliphatic heterocycles. The number of rotatable bonds is 2. The van der Waals surface area contributed by atoms with E-state index in [4.69, 9.17) is 0 Å². The van der Waals surface area contributed by atoms with E-state index in [0.717, 1.165) is 52.8 Å². The highest BCUT2D eigenvalue weighted by Gasteiger charge is 2.26. The van der Waals surface area contributed by atoms with Crippen molar-refractivity contribution in [2.75, 3.05) is 0 Å². The zero-order valence-electron chi connectivity index (χ0n) is 13.5. The van der Waals surface area contributed by atoms with E-state index in [2.05, 4.69) is 9.97 Å². The number of hydrogen-bond donors (Lipinski definition) is 0. The monoisotopic (exact) mass is 371 g/mol. The predicted molar refractivity (Wildman–Crippen MR) is 94.5 cm³/mol. The molecule has 0 bridgehead atoms. The summed E-state index contributed by atoms with van der Waals surface area (Å²) in [5.74, 6) is -3.05. The molecule has 0 unspecified atom stereocenters. The molecule has 130 valence electrons. The third kappa shape index (κ3) is 2.20. The van der Waals surface area contributed by atoms with E-state index in [1.807, 2.05) is 22.8 Å². The van der Waals surface area contributed by atoms with Crippen LogP contribution in [-0.4, -0.2) is 14.5 Å². The number of nitrogens with zero attached hydrogens (tertiary/aromatic N) is 3. The fourth-order valence-electron chi connectivity index (χ4n) is 3.52. The van der Waals surface area contributed by atoms with E-state index >= 15 is 0 Å². The lowest BCUT2D eigenvalue weighted by atomic mass is 10.0. The molecule has 0 amide bonds.